The highest BCUT2D eigenvalue weighted by atomic mass is 16.2. The lowest BCUT2D eigenvalue weighted by Crippen LogP contribution is -2.33. The van der Waals surface area contributed by atoms with Crippen LogP contribution in [0.25, 0.3) is 0 Å². The van der Waals surface area contributed by atoms with Gasteiger partial charge in [0.2, 0.25) is 0 Å². The number of nitrogens with one attached hydrogen (secondary N) is 1. The zero-order valence-corrected chi connectivity index (χ0v) is 15.3. The Morgan fingerprint density at radius 1 is 1.07 bits per heavy atom. The van der Waals surface area contributed by atoms with Crippen LogP contribution in [0.5, 0.6) is 0 Å². The maximum atomic E-state index is 12.3. The quantitative estimate of drug-likeness (QED) is 0.827. The Balaban J connectivity index is 1.31. The van der Waals surface area contributed by atoms with Crippen LogP contribution in [-0.4, -0.2) is 45.5 Å². The van der Waals surface area contributed by atoms with Gasteiger partial charge in [-0.05, 0) is 50.3 Å². The molecule has 1 N–H and O–H groups in total. The Labute approximate surface area is 157 Å². The predicted octanol–water partition coefficient (Wildman–Crippen LogP) is 1.33. The molecule has 8 heteroatoms. The summed E-state index contributed by atoms with van der Waals surface area (Å²) in [5, 5.41) is 15.4. The van der Waals surface area contributed by atoms with E-state index in [1.54, 1.807) is 18.2 Å². The summed E-state index contributed by atoms with van der Waals surface area (Å²) >= 11 is 0. The number of nitrogens with zero attached hydrogens (tertiary/aromatic N) is 5. The van der Waals surface area contributed by atoms with E-state index in [9.17, 15) is 9.59 Å². The van der Waals surface area contributed by atoms with E-state index in [4.69, 9.17) is 0 Å². The number of piperidine rings is 1. The Hall–Kier alpha value is -2.77. The highest BCUT2D eigenvalue weighted by Gasteiger charge is 2.25. The largest absolute Gasteiger partial charge is 0.355 e. The molecule has 8 nitrogen and oxygen atoms in total. The van der Waals surface area contributed by atoms with E-state index in [2.05, 4.69) is 25.5 Å². The molecule has 0 unspecified atom stereocenters. The molecule has 4 rings (SSSR count). The topological polar surface area (TPSA) is 93.0 Å². The van der Waals surface area contributed by atoms with Crippen molar-refractivity contribution in [2.75, 3.05) is 24.5 Å². The lowest BCUT2D eigenvalue weighted by molar-refractivity contribution is 0.0945. The fourth-order valence-corrected chi connectivity index (χ4v) is 3.33. The smallest absolute Gasteiger partial charge is 0.271 e. The summed E-state index contributed by atoms with van der Waals surface area (Å²) < 4.78 is 1.42. The van der Waals surface area contributed by atoms with Crippen molar-refractivity contribution in [3.8, 4) is 0 Å². The molecule has 1 saturated heterocycles. The molecule has 2 fully saturated rings. The number of carbonyl (C=O) groups is 1. The van der Waals surface area contributed by atoms with Gasteiger partial charge in [0.1, 0.15) is 0 Å². The van der Waals surface area contributed by atoms with Crippen molar-refractivity contribution in [3.63, 3.8) is 0 Å². The number of hydrogen-bond donors (Lipinski definition) is 1. The summed E-state index contributed by atoms with van der Waals surface area (Å²) in [6, 6.07) is 6.89. The molecule has 0 aromatic carbocycles. The maximum absolute atomic E-state index is 12.3. The molecule has 1 saturated carbocycles. The van der Waals surface area contributed by atoms with Crippen LogP contribution < -0.4 is 15.8 Å². The van der Waals surface area contributed by atoms with Crippen molar-refractivity contribution >= 4 is 11.7 Å². The standard InChI is InChI=1S/C19H24N6O2/c26-18-9-7-15(14-4-5-14)23-25(18)13-10-20-19(27)16-6-8-17(22-21-16)24-11-2-1-3-12-24/h6-9,14H,1-5,10-13H2,(H,20,27). The minimum absolute atomic E-state index is 0.153. The lowest BCUT2D eigenvalue weighted by atomic mass is 10.1. The van der Waals surface area contributed by atoms with Crippen LogP contribution in [0.15, 0.2) is 29.1 Å². The second-order valence-electron chi connectivity index (χ2n) is 7.17. The van der Waals surface area contributed by atoms with E-state index < -0.39 is 0 Å². The molecule has 1 aliphatic heterocycles. The van der Waals surface area contributed by atoms with E-state index in [1.165, 1.54) is 23.9 Å². The number of aromatic nitrogens is 4. The number of anilines is 1. The fourth-order valence-electron chi connectivity index (χ4n) is 3.33. The third-order valence-electron chi connectivity index (χ3n) is 5.06. The molecule has 2 aromatic rings. The summed E-state index contributed by atoms with van der Waals surface area (Å²) in [6.45, 7) is 2.63. The zero-order chi connectivity index (χ0) is 18.6. The van der Waals surface area contributed by atoms with Gasteiger partial charge in [-0.3, -0.25) is 9.59 Å². The van der Waals surface area contributed by atoms with Gasteiger partial charge in [0, 0.05) is 31.6 Å². The first-order valence-electron chi connectivity index (χ1n) is 9.66. The van der Waals surface area contributed by atoms with Crippen LogP contribution in [0.1, 0.15) is 54.2 Å². The number of hydrogen-bond acceptors (Lipinski definition) is 6. The number of amides is 1. The molecule has 2 aliphatic rings. The SMILES string of the molecule is O=C(NCCn1nc(C2CC2)ccc1=O)c1ccc(N2CCCCC2)nn1. The molecule has 0 atom stereocenters. The van der Waals surface area contributed by atoms with Crippen molar-refractivity contribution in [1.29, 1.82) is 0 Å². The molecular formula is C19H24N6O2. The fraction of sp³-hybridized carbons (Fsp3) is 0.526. The first-order valence-corrected chi connectivity index (χ1v) is 9.66. The molecule has 0 bridgehead atoms. The van der Waals surface area contributed by atoms with Crippen LogP contribution in [0, 0.1) is 0 Å². The number of rotatable bonds is 6. The van der Waals surface area contributed by atoms with Crippen molar-refractivity contribution < 1.29 is 4.79 Å². The van der Waals surface area contributed by atoms with Crippen LogP contribution in [0.4, 0.5) is 5.82 Å². The third kappa shape index (κ3) is 4.32. The highest BCUT2D eigenvalue weighted by Crippen LogP contribution is 2.38. The second kappa shape index (κ2) is 7.85. The average molecular weight is 368 g/mol. The Morgan fingerprint density at radius 3 is 2.59 bits per heavy atom. The Kier molecular flexibility index (Phi) is 5.13. The van der Waals surface area contributed by atoms with Gasteiger partial charge in [-0.2, -0.15) is 5.10 Å². The van der Waals surface area contributed by atoms with E-state index in [-0.39, 0.29) is 17.2 Å². The lowest BCUT2D eigenvalue weighted by Gasteiger charge is -2.27. The summed E-state index contributed by atoms with van der Waals surface area (Å²) in [7, 11) is 0. The van der Waals surface area contributed by atoms with Crippen LogP contribution in [0.3, 0.4) is 0 Å². The summed E-state index contributed by atoms with van der Waals surface area (Å²) in [6.07, 6.45) is 5.85. The molecule has 3 heterocycles. The van der Waals surface area contributed by atoms with Gasteiger partial charge in [0.25, 0.3) is 11.5 Å². The predicted molar refractivity (Wildman–Crippen MR) is 101 cm³/mol. The Morgan fingerprint density at radius 2 is 1.89 bits per heavy atom. The normalized spacial score (nSPS) is 17.0. The van der Waals surface area contributed by atoms with Gasteiger partial charge < -0.3 is 10.2 Å². The molecule has 2 aromatic heterocycles. The van der Waals surface area contributed by atoms with Crippen LogP contribution in [0.2, 0.25) is 0 Å². The van der Waals surface area contributed by atoms with E-state index in [1.807, 2.05) is 6.07 Å². The number of carbonyl (C=O) groups excluding carboxylic acids is 1. The molecule has 1 aliphatic carbocycles. The summed E-state index contributed by atoms with van der Waals surface area (Å²) in [5.41, 5.74) is 1.09. The van der Waals surface area contributed by atoms with Crippen molar-refractivity contribution in [1.82, 2.24) is 25.3 Å². The van der Waals surface area contributed by atoms with Gasteiger partial charge >= 0.3 is 0 Å². The van der Waals surface area contributed by atoms with Gasteiger partial charge in [0.15, 0.2) is 11.5 Å². The minimum Gasteiger partial charge on any atom is -0.355 e. The molecule has 0 radical (unpaired) electrons. The Bertz CT molecular complexity index is 853. The van der Waals surface area contributed by atoms with Crippen LogP contribution >= 0.6 is 0 Å². The van der Waals surface area contributed by atoms with E-state index >= 15 is 0 Å². The van der Waals surface area contributed by atoms with Crippen LogP contribution in [-0.2, 0) is 6.54 Å². The molecular weight excluding hydrogens is 344 g/mol. The first-order chi connectivity index (χ1) is 13.2. The van der Waals surface area contributed by atoms with Gasteiger partial charge in [0.05, 0.1) is 12.2 Å². The van der Waals surface area contributed by atoms with Crippen molar-refractivity contribution in [3.05, 3.63) is 46.0 Å². The van der Waals surface area contributed by atoms with Gasteiger partial charge in [-0.15, -0.1) is 10.2 Å². The maximum Gasteiger partial charge on any atom is 0.271 e. The zero-order valence-electron chi connectivity index (χ0n) is 15.3. The molecule has 1 amide bonds. The second-order valence-corrected chi connectivity index (χ2v) is 7.17. The van der Waals surface area contributed by atoms with Crippen molar-refractivity contribution in [2.24, 2.45) is 0 Å². The van der Waals surface area contributed by atoms with Crippen molar-refractivity contribution in [2.45, 2.75) is 44.6 Å². The van der Waals surface area contributed by atoms with Gasteiger partial charge in [-0.1, -0.05) is 0 Å². The monoisotopic (exact) mass is 368 g/mol. The summed E-state index contributed by atoms with van der Waals surface area (Å²) in [4.78, 5) is 26.4. The minimum atomic E-state index is -0.293. The van der Waals surface area contributed by atoms with Gasteiger partial charge in [-0.25, -0.2) is 4.68 Å². The first kappa shape index (κ1) is 17.6. The highest BCUT2D eigenvalue weighted by molar-refractivity contribution is 5.92. The summed E-state index contributed by atoms with van der Waals surface area (Å²) in [5.74, 6) is 1.01. The molecule has 27 heavy (non-hydrogen) atoms. The van der Waals surface area contributed by atoms with E-state index in [0.29, 0.717) is 19.0 Å². The average Bonchev–Trinajstić information content (AvgIpc) is 3.55. The molecule has 0 spiro atoms. The van der Waals surface area contributed by atoms with E-state index in [0.717, 1.165) is 37.4 Å². The molecule has 142 valence electrons. The third-order valence-corrected chi connectivity index (χ3v) is 5.06.